The highest BCUT2D eigenvalue weighted by Gasteiger charge is 2.25. The molecule has 0 aliphatic carbocycles. The molecule has 0 atom stereocenters. The fourth-order valence-electron chi connectivity index (χ4n) is 3.63. The fraction of sp³-hybridized carbons (Fsp3) is 0.375. The van der Waals surface area contributed by atoms with Crippen molar-refractivity contribution in [2.75, 3.05) is 44.0 Å². The minimum absolute atomic E-state index is 0.186. The second-order valence-electron chi connectivity index (χ2n) is 7.65. The number of benzene rings is 2. The van der Waals surface area contributed by atoms with Crippen molar-refractivity contribution in [1.82, 2.24) is 10.2 Å². The summed E-state index contributed by atoms with van der Waals surface area (Å²) in [4.78, 5) is 38.8. The van der Waals surface area contributed by atoms with Gasteiger partial charge in [0.2, 0.25) is 0 Å². The number of para-hydroxylation sites is 4. The van der Waals surface area contributed by atoms with Gasteiger partial charge in [-0.2, -0.15) is 0 Å². The first kappa shape index (κ1) is 23.9. The molecule has 0 bridgehead atoms. The van der Waals surface area contributed by atoms with Gasteiger partial charge in [-0.3, -0.25) is 9.59 Å². The summed E-state index contributed by atoms with van der Waals surface area (Å²) in [5.74, 6) is -0.133. The van der Waals surface area contributed by atoms with Gasteiger partial charge in [0.1, 0.15) is 11.5 Å². The van der Waals surface area contributed by atoms with Crippen LogP contribution >= 0.6 is 0 Å². The second-order valence-corrected chi connectivity index (χ2v) is 7.65. The van der Waals surface area contributed by atoms with Gasteiger partial charge in [-0.1, -0.05) is 24.3 Å². The quantitative estimate of drug-likeness (QED) is 0.557. The van der Waals surface area contributed by atoms with Crippen LogP contribution in [0.25, 0.3) is 0 Å². The molecule has 3 rings (SSSR count). The van der Waals surface area contributed by atoms with Gasteiger partial charge in [-0.15, -0.1) is 0 Å². The lowest BCUT2D eigenvalue weighted by molar-refractivity contribution is -0.136. The topological polar surface area (TPSA) is 109 Å². The van der Waals surface area contributed by atoms with Crippen molar-refractivity contribution >= 4 is 29.2 Å². The molecule has 1 aliphatic heterocycles. The molecule has 0 unspecified atom stereocenters. The van der Waals surface area contributed by atoms with Gasteiger partial charge in [0.15, 0.2) is 0 Å². The Kier molecular flexibility index (Phi) is 8.51. The molecule has 1 heterocycles. The van der Waals surface area contributed by atoms with Crippen molar-refractivity contribution in [3.63, 3.8) is 0 Å². The minimum Gasteiger partial charge on any atom is -0.495 e. The first-order valence-corrected chi connectivity index (χ1v) is 11.0. The molecule has 9 heteroatoms. The molecule has 0 saturated carbocycles. The van der Waals surface area contributed by atoms with Crippen molar-refractivity contribution < 1.29 is 23.9 Å². The van der Waals surface area contributed by atoms with Crippen LogP contribution < -0.4 is 25.4 Å². The standard InChI is InChI=1S/C24H30N4O5/c1-3-33-21-11-7-5-9-19(21)26-23(30)22(29)25-16-17-12-14-28(15-13-17)24(31)27-18-8-4-6-10-20(18)32-2/h4-11,17H,3,12-16H2,1-2H3,(H,25,29)(H,26,30)(H,27,31). The van der Waals surface area contributed by atoms with Crippen LogP contribution in [0.4, 0.5) is 16.2 Å². The van der Waals surface area contributed by atoms with Crippen LogP contribution in [-0.4, -0.2) is 56.1 Å². The third-order valence-electron chi connectivity index (χ3n) is 5.44. The number of carbonyl (C=O) groups is 3. The van der Waals surface area contributed by atoms with Crippen molar-refractivity contribution in [3.8, 4) is 11.5 Å². The summed E-state index contributed by atoms with van der Waals surface area (Å²) in [6, 6.07) is 14.0. The highest BCUT2D eigenvalue weighted by Crippen LogP contribution is 2.25. The molecule has 1 aliphatic rings. The zero-order valence-electron chi connectivity index (χ0n) is 18.9. The summed E-state index contributed by atoms with van der Waals surface area (Å²) in [6.45, 7) is 3.81. The van der Waals surface area contributed by atoms with Gasteiger partial charge in [-0.25, -0.2) is 4.79 Å². The number of methoxy groups -OCH3 is 1. The molecule has 0 aromatic heterocycles. The van der Waals surface area contributed by atoms with Gasteiger partial charge in [0.05, 0.1) is 25.1 Å². The average Bonchev–Trinajstić information content (AvgIpc) is 2.84. The summed E-state index contributed by atoms with van der Waals surface area (Å²) in [5, 5.41) is 8.16. The molecular weight excluding hydrogens is 424 g/mol. The summed E-state index contributed by atoms with van der Waals surface area (Å²) < 4.78 is 10.7. The predicted molar refractivity (Wildman–Crippen MR) is 126 cm³/mol. The lowest BCUT2D eigenvalue weighted by Crippen LogP contribution is -2.44. The predicted octanol–water partition coefficient (Wildman–Crippen LogP) is 3.09. The number of piperidine rings is 1. The SMILES string of the molecule is CCOc1ccccc1NC(=O)C(=O)NCC1CCN(C(=O)Nc2ccccc2OC)CC1. The maximum atomic E-state index is 12.6. The van der Waals surface area contributed by atoms with E-state index in [-0.39, 0.29) is 11.9 Å². The Labute approximate surface area is 193 Å². The van der Waals surface area contributed by atoms with Gasteiger partial charge in [0.25, 0.3) is 0 Å². The number of ether oxygens (including phenoxy) is 2. The van der Waals surface area contributed by atoms with Crippen LogP contribution in [0.2, 0.25) is 0 Å². The first-order valence-electron chi connectivity index (χ1n) is 11.0. The van der Waals surface area contributed by atoms with E-state index in [2.05, 4.69) is 16.0 Å². The average molecular weight is 455 g/mol. The normalized spacial score (nSPS) is 13.7. The van der Waals surface area contributed by atoms with Gasteiger partial charge in [0, 0.05) is 19.6 Å². The Balaban J connectivity index is 1.42. The van der Waals surface area contributed by atoms with Crippen LogP contribution in [-0.2, 0) is 9.59 Å². The smallest absolute Gasteiger partial charge is 0.321 e. The summed E-state index contributed by atoms with van der Waals surface area (Å²) >= 11 is 0. The van der Waals surface area contributed by atoms with Crippen molar-refractivity contribution in [2.45, 2.75) is 19.8 Å². The maximum absolute atomic E-state index is 12.6. The molecule has 1 saturated heterocycles. The van der Waals surface area contributed by atoms with Gasteiger partial charge >= 0.3 is 17.8 Å². The van der Waals surface area contributed by atoms with Crippen LogP contribution in [0.15, 0.2) is 48.5 Å². The molecule has 33 heavy (non-hydrogen) atoms. The first-order chi connectivity index (χ1) is 16.0. The number of nitrogens with zero attached hydrogens (tertiary/aromatic N) is 1. The molecule has 2 aromatic rings. The van der Waals surface area contributed by atoms with E-state index in [4.69, 9.17) is 9.47 Å². The van der Waals surface area contributed by atoms with Crippen LogP contribution in [0.5, 0.6) is 11.5 Å². The molecule has 0 spiro atoms. The fourth-order valence-corrected chi connectivity index (χ4v) is 3.63. The molecule has 3 N–H and O–H groups in total. The van der Waals surface area contributed by atoms with Crippen molar-refractivity contribution in [3.05, 3.63) is 48.5 Å². The summed E-state index contributed by atoms with van der Waals surface area (Å²) in [5.41, 5.74) is 1.07. The van der Waals surface area contributed by atoms with Crippen molar-refractivity contribution in [2.24, 2.45) is 5.92 Å². The lowest BCUT2D eigenvalue weighted by Gasteiger charge is -2.32. The van der Waals surface area contributed by atoms with Crippen LogP contribution in [0.3, 0.4) is 0 Å². The third-order valence-corrected chi connectivity index (χ3v) is 5.44. The third kappa shape index (κ3) is 6.61. The Morgan fingerprint density at radius 1 is 0.909 bits per heavy atom. The number of hydrogen-bond donors (Lipinski definition) is 3. The molecule has 176 valence electrons. The molecule has 2 aromatic carbocycles. The second kappa shape index (κ2) is 11.8. The number of carbonyl (C=O) groups excluding carboxylic acids is 3. The van der Waals surface area contributed by atoms with Crippen LogP contribution in [0, 0.1) is 5.92 Å². The molecule has 0 radical (unpaired) electrons. The van der Waals surface area contributed by atoms with E-state index in [1.165, 1.54) is 0 Å². The number of urea groups is 1. The number of nitrogens with one attached hydrogen (secondary N) is 3. The Morgan fingerprint density at radius 3 is 2.15 bits per heavy atom. The number of anilines is 2. The Bertz CT molecular complexity index is 973. The summed E-state index contributed by atoms with van der Waals surface area (Å²) in [6.07, 6.45) is 1.46. The molecule has 1 fully saturated rings. The zero-order chi connectivity index (χ0) is 23.6. The van der Waals surface area contributed by atoms with E-state index in [0.29, 0.717) is 49.1 Å². The van der Waals surface area contributed by atoms with Gasteiger partial charge in [-0.05, 0) is 49.9 Å². The van der Waals surface area contributed by atoms with Crippen LogP contribution in [0.1, 0.15) is 19.8 Å². The van der Waals surface area contributed by atoms with E-state index in [1.54, 1.807) is 48.4 Å². The Hall–Kier alpha value is -3.75. The van der Waals surface area contributed by atoms with Crippen molar-refractivity contribution in [1.29, 1.82) is 0 Å². The number of amides is 4. The highest BCUT2D eigenvalue weighted by molar-refractivity contribution is 6.39. The molecule has 9 nitrogen and oxygen atoms in total. The molecular formula is C24H30N4O5. The van der Waals surface area contributed by atoms with E-state index in [1.807, 2.05) is 19.1 Å². The number of likely N-dealkylation sites (tertiary alicyclic amines) is 1. The zero-order valence-corrected chi connectivity index (χ0v) is 18.9. The lowest BCUT2D eigenvalue weighted by atomic mass is 9.97. The van der Waals surface area contributed by atoms with E-state index in [0.717, 1.165) is 12.8 Å². The maximum Gasteiger partial charge on any atom is 0.321 e. The summed E-state index contributed by atoms with van der Waals surface area (Å²) in [7, 11) is 1.56. The Morgan fingerprint density at radius 2 is 1.52 bits per heavy atom. The van der Waals surface area contributed by atoms with E-state index in [9.17, 15) is 14.4 Å². The van der Waals surface area contributed by atoms with E-state index < -0.39 is 11.8 Å². The number of hydrogen-bond acceptors (Lipinski definition) is 5. The molecule has 4 amide bonds. The highest BCUT2D eigenvalue weighted by atomic mass is 16.5. The van der Waals surface area contributed by atoms with Gasteiger partial charge < -0.3 is 30.3 Å². The largest absolute Gasteiger partial charge is 0.495 e. The monoisotopic (exact) mass is 454 g/mol. The minimum atomic E-state index is -0.740. The number of rotatable bonds is 7. The van der Waals surface area contributed by atoms with E-state index >= 15 is 0 Å².